The van der Waals surface area contributed by atoms with Gasteiger partial charge in [-0.05, 0) is 38.1 Å². The fraction of sp³-hybridized carbons (Fsp3) is 0.250. The van der Waals surface area contributed by atoms with Crippen molar-refractivity contribution in [2.24, 2.45) is 0 Å². The van der Waals surface area contributed by atoms with Crippen molar-refractivity contribution in [2.45, 2.75) is 20.0 Å². The van der Waals surface area contributed by atoms with Crippen LogP contribution in [0.3, 0.4) is 0 Å². The first-order valence-corrected chi connectivity index (χ1v) is 6.69. The zero-order chi connectivity index (χ0) is 15.4. The van der Waals surface area contributed by atoms with Gasteiger partial charge in [-0.25, -0.2) is 0 Å². The molecule has 0 unspecified atom stereocenters. The van der Waals surface area contributed by atoms with Gasteiger partial charge < -0.3 is 15.4 Å². The number of para-hydroxylation sites is 1. The molecule has 0 fully saturated rings. The smallest absolute Gasteiger partial charge is 0.239 e. The van der Waals surface area contributed by atoms with Gasteiger partial charge in [-0.2, -0.15) is 10.2 Å². The van der Waals surface area contributed by atoms with Gasteiger partial charge in [0.15, 0.2) is 0 Å². The number of hydrogen-bond donors (Lipinski definition) is 1. The number of benzene rings is 1. The molecule has 0 amide bonds. The van der Waals surface area contributed by atoms with E-state index in [-0.39, 0.29) is 6.10 Å². The van der Waals surface area contributed by atoms with Crippen LogP contribution in [0.15, 0.2) is 36.4 Å². The molecule has 0 bridgehead atoms. The minimum Gasteiger partial charge on any atom is -0.473 e. The Bertz CT molecular complexity index is 676. The molecular formula is C16H18N4O. The van der Waals surface area contributed by atoms with Gasteiger partial charge in [0, 0.05) is 7.05 Å². The summed E-state index contributed by atoms with van der Waals surface area (Å²) in [5, 5.41) is 9.19. The molecule has 5 heteroatoms. The summed E-state index contributed by atoms with van der Waals surface area (Å²) < 4.78 is 5.60. The predicted molar refractivity (Wildman–Crippen MR) is 83.6 cm³/mol. The maximum absolute atomic E-state index is 9.19. The molecule has 0 saturated carbocycles. The Morgan fingerprint density at radius 1 is 1.24 bits per heavy atom. The lowest BCUT2D eigenvalue weighted by Gasteiger charge is -2.21. The topological polar surface area (TPSA) is 75.2 Å². The third kappa shape index (κ3) is 3.23. The number of nitrogens with zero attached hydrogens (tertiary/aromatic N) is 3. The third-order valence-electron chi connectivity index (χ3n) is 2.95. The summed E-state index contributed by atoms with van der Waals surface area (Å²) in [6.45, 7) is 3.84. The van der Waals surface area contributed by atoms with Crippen LogP contribution in [-0.2, 0) is 0 Å². The van der Waals surface area contributed by atoms with Gasteiger partial charge in [0.05, 0.1) is 23.0 Å². The van der Waals surface area contributed by atoms with Crippen LogP contribution in [0.5, 0.6) is 5.88 Å². The van der Waals surface area contributed by atoms with Crippen LogP contribution in [0.25, 0.3) is 0 Å². The largest absolute Gasteiger partial charge is 0.473 e. The molecule has 2 aromatic rings. The summed E-state index contributed by atoms with van der Waals surface area (Å²) in [6.07, 6.45) is -0.00764. The van der Waals surface area contributed by atoms with Crippen molar-refractivity contribution in [3.8, 4) is 11.9 Å². The van der Waals surface area contributed by atoms with Gasteiger partial charge in [-0.15, -0.1) is 0 Å². The van der Waals surface area contributed by atoms with Crippen molar-refractivity contribution in [3.05, 3.63) is 42.0 Å². The molecule has 2 N–H and O–H groups in total. The number of nitriles is 1. The van der Waals surface area contributed by atoms with Crippen molar-refractivity contribution in [1.29, 1.82) is 5.26 Å². The normalized spacial score (nSPS) is 10.2. The number of ether oxygens (including phenoxy) is 1. The van der Waals surface area contributed by atoms with Gasteiger partial charge in [0.2, 0.25) is 5.88 Å². The molecular weight excluding hydrogens is 264 g/mol. The van der Waals surface area contributed by atoms with Gasteiger partial charge in [-0.1, -0.05) is 12.1 Å². The van der Waals surface area contributed by atoms with Crippen molar-refractivity contribution in [1.82, 2.24) is 4.98 Å². The Balaban J connectivity index is 2.40. The average molecular weight is 282 g/mol. The van der Waals surface area contributed by atoms with Crippen molar-refractivity contribution in [3.63, 3.8) is 0 Å². The molecule has 1 aromatic carbocycles. The third-order valence-corrected chi connectivity index (χ3v) is 2.95. The first kappa shape index (κ1) is 14.7. The standard InChI is InChI=1S/C16H18N4O/c1-11(2)21-16-13(18)8-9-15(19-16)20(3)14-7-5-4-6-12(14)10-17/h4-9,11H,18H2,1-3H3. The Kier molecular flexibility index (Phi) is 4.29. The number of pyridine rings is 1. The molecule has 0 radical (unpaired) electrons. The van der Waals surface area contributed by atoms with Gasteiger partial charge in [-0.3, -0.25) is 0 Å². The maximum atomic E-state index is 9.19. The Hall–Kier alpha value is -2.74. The minimum absolute atomic E-state index is 0.00764. The molecule has 5 nitrogen and oxygen atoms in total. The van der Waals surface area contributed by atoms with Gasteiger partial charge >= 0.3 is 0 Å². The highest BCUT2D eigenvalue weighted by Crippen LogP contribution is 2.29. The summed E-state index contributed by atoms with van der Waals surface area (Å²) in [4.78, 5) is 6.27. The number of rotatable bonds is 4. The first-order chi connectivity index (χ1) is 10.0. The van der Waals surface area contributed by atoms with E-state index in [1.165, 1.54) is 0 Å². The van der Waals surface area contributed by atoms with Crippen LogP contribution < -0.4 is 15.4 Å². The van der Waals surface area contributed by atoms with Crippen LogP contribution in [-0.4, -0.2) is 18.1 Å². The van der Waals surface area contributed by atoms with Crippen molar-refractivity contribution < 1.29 is 4.74 Å². The molecule has 1 heterocycles. The lowest BCUT2D eigenvalue weighted by atomic mass is 10.2. The van der Waals surface area contributed by atoms with Crippen LogP contribution in [0, 0.1) is 11.3 Å². The van der Waals surface area contributed by atoms with E-state index in [0.29, 0.717) is 22.9 Å². The minimum atomic E-state index is -0.00764. The Labute approximate surface area is 124 Å². The van der Waals surface area contributed by atoms with E-state index in [1.54, 1.807) is 18.2 Å². The first-order valence-electron chi connectivity index (χ1n) is 6.69. The van der Waals surface area contributed by atoms with E-state index in [1.807, 2.05) is 44.0 Å². The average Bonchev–Trinajstić information content (AvgIpc) is 2.48. The number of nitrogens with two attached hydrogens (primary N) is 1. The number of nitrogen functional groups attached to an aromatic ring is 1. The summed E-state index contributed by atoms with van der Waals surface area (Å²) in [7, 11) is 1.86. The van der Waals surface area contributed by atoms with Crippen molar-refractivity contribution >= 4 is 17.2 Å². The molecule has 0 aliphatic heterocycles. The van der Waals surface area contributed by atoms with Crippen LogP contribution in [0.2, 0.25) is 0 Å². The zero-order valence-corrected chi connectivity index (χ0v) is 12.4. The van der Waals surface area contributed by atoms with Gasteiger partial charge in [0.1, 0.15) is 11.9 Å². The monoisotopic (exact) mass is 282 g/mol. The number of aromatic nitrogens is 1. The Morgan fingerprint density at radius 2 is 1.95 bits per heavy atom. The SMILES string of the molecule is CC(C)Oc1nc(N(C)c2ccccc2C#N)ccc1N. The molecule has 0 atom stereocenters. The lowest BCUT2D eigenvalue weighted by molar-refractivity contribution is 0.234. The molecule has 108 valence electrons. The zero-order valence-electron chi connectivity index (χ0n) is 12.4. The van der Waals surface area contributed by atoms with E-state index in [9.17, 15) is 5.26 Å². The van der Waals surface area contributed by atoms with E-state index >= 15 is 0 Å². The number of hydrogen-bond acceptors (Lipinski definition) is 5. The quantitative estimate of drug-likeness (QED) is 0.932. The molecule has 0 aliphatic rings. The van der Waals surface area contributed by atoms with Crippen LogP contribution in [0.1, 0.15) is 19.4 Å². The highest BCUT2D eigenvalue weighted by atomic mass is 16.5. The summed E-state index contributed by atoms with van der Waals surface area (Å²) in [5.41, 5.74) is 7.74. The van der Waals surface area contributed by atoms with E-state index in [0.717, 1.165) is 5.69 Å². The van der Waals surface area contributed by atoms with Crippen LogP contribution in [0.4, 0.5) is 17.2 Å². The van der Waals surface area contributed by atoms with E-state index in [2.05, 4.69) is 11.1 Å². The molecule has 0 spiro atoms. The summed E-state index contributed by atoms with van der Waals surface area (Å²) in [5.74, 6) is 1.08. The molecule has 0 aliphatic carbocycles. The highest BCUT2D eigenvalue weighted by molar-refractivity contribution is 5.68. The van der Waals surface area contributed by atoms with Gasteiger partial charge in [0.25, 0.3) is 0 Å². The highest BCUT2D eigenvalue weighted by Gasteiger charge is 2.13. The molecule has 2 rings (SSSR count). The maximum Gasteiger partial charge on any atom is 0.239 e. The molecule has 0 saturated heterocycles. The van der Waals surface area contributed by atoms with E-state index in [4.69, 9.17) is 10.5 Å². The molecule has 1 aromatic heterocycles. The second-order valence-electron chi connectivity index (χ2n) is 4.92. The summed E-state index contributed by atoms with van der Waals surface area (Å²) >= 11 is 0. The second-order valence-corrected chi connectivity index (χ2v) is 4.92. The predicted octanol–water partition coefficient (Wildman–Crippen LogP) is 3.09. The van der Waals surface area contributed by atoms with Crippen LogP contribution >= 0.6 is 0 Å². The molecule has 21 heavy (non-hydrogen) atoms. The fourth-order valence-electron chi connectivity index (χ4n) is 1.93. The summed E-state index contributed by atoms with van der Waals surface area (Å²) in [6, 6.07) is 13.1. The fourth-order valence-corrected chi connectivity index (χ4v) is 1.93. The Morgan fingerprint density at radius 3 is 2.62 bits per heavy atom. The number of anilines is 3. The lowest BCUT2D eigenvalue weighted by Crippen LogP contribution is -2.15. The van der Waals surface area contributed by atoms with E-state index < -0.39 is 0 Å². The second kappa shape index (κ2) is 6.14. The van der Waals surface area contributed by atoms with Crippen molar-refractivity contribution in [2.75, 3.05) is 17.7 Å².